The average molecular weight is 122 g/mol. The third-order valence-corrected chi connectivity index (χ3v) is 1.24. The van der Waals surface area contributed by atoms with Crippen LogP contribution in [0.4, 0.5) is 5.82 Å². The Labute approximate surface area is 54.4 Å². The van der Waals surface area contributed by atoms with Crippen molar-refractivity contribution in [2.75, 3.05) is 5.73 Å². The average Bonchev–Trinajstić information content (AvgIpc) is 2.13. The summed E-state index contributed by atoms with van der Waals surface area (Å²) >= 11 is 0. The van der Waals surface area contributed by atoms with E-state index < -0.39 is 0 Å². The number of nitrogens with two attached hydrogens (primary N) is 1. The molecule has 3 N–H and O–H groups in total. The first kappa shape index (κ1) is 5.95. The third kappa shape index (κ3) is 0.964. The van der Waals surface area contributed by atoms with Crippen LogP contribution in [0, 0.1) is 0 Å². The molecule has 48 valence electrons. The number of H-pyrrole nitrogens is 1. The maximum Gasteiger partial charge on any atom is 0.108 e. The van der Waals surface area contributed by atoms with Gasteiger partial charge in [-0.3, -0.25) is 0 Å². The van der Waals surface area contributed by atoms with Crippen LogP contribution in [-0.2, 0) is 0 Å². The molecular formula is C7H10N2. The first-order valence-electron chi connectivity index (χ1n) is 2.80. The summed E-state index contributed by atoms with van der Waals surface area (Å²) in [5, 5.41) is 0. The number of anilines is 1. The van der Waals surface area contributed by atoms with Crippen molar-refractivity contribution in [2.24, 2.45) is 0 Å². The van der Waals surface area contributed by atoms with E-state index in [0.717, 1.165) is 11.1 Å². The van der Waals surface area contributed by atoms with Gasteiger partial charge in [-0.15, -0.1) is 0 Å². The normalized spacial score (nSPS) is 9.44. The van der Waals surface area contributed by atoms with Crippen LogP contribution >= 0.6 is 0 Å². The van der Waals surface area contributed by atoms with Gasteiger partial charge in [-0.1, -0.05) is 6.58 Å². The molecule has 0 aliphatic carbocycles. The fourth-order valence-electron chi connectivity index (χ4n) is 0.754. The summed E-state index contributed by atoms with van der Waals surface area (Å²) in [6, 6.07) is 1.91. The van der Waals surface area contributed by atoms with Gasteiger partial charge in [0.25, 0.3) is 0 Å². The van der Waals surface area contributed by atoms with E-state index in [0.29, 0.717) is 5.82 Å². The van der Waals surface area contributed by atoms with Gasteiger partial charge >= 0.3 is 0 Å². The number of nitrogen functional groups attached to an aromatic ring is 1. The molecule has 0 aliphatic heterocycles. The lowest BCUT2D eigenvalue weighted by atomic mass is 10.2. The van der Waals surface area contributed by atoms with Crippen molar-refractivity contribution in [3.05, 3.63) is 24.4 Å². The molecule has 0 aromatic carbocycles. The van der Waals surface area contributed by atoms with Gasteiger partial charge in [0, 0.05) is 11.8 Å². The van der Waals surface area contributed by atoms with Crippen molar-refractivity contribution in [3.8, 4) is 0 Å². The van der Waals surface area contributed by atoms with Crippen LogP contribution in [0.5, 0.6) is 0 Å². The Morgan fingerprint density at radius 1 is 1.78 bits per heavy atom. The number of rotatable bonds is 1. The molecule has 1 aromatic heterocycles. The van der Waals surface area contributed by atoms with Gasteiger partial charge in [0.15, 0.2) is 0 Å². The summed E-state index contributed by atoms with van der Waals surface area (Å²) in [6.07, 6.45) is 1.80. The second-order valence-corrected chi connectivity index (χ2v) is 2.09. The number of hydrogen-bond donors (Lipinski definition) is 2. The summed E-state index contributed by atoms with van der Waals surface area (Å²) in [4.78, 5) is 2.87. The summed E-state index contributed by atoms with van der Waals surface area (Å²) in [6.45, 7) is 5.69. The molecule has 0 saturated heterocycles. The van der Waals surface area contributed by atoms with Crippen molar-refractivity contribution >= 4 is 11.4 Å². The lowest BCUT2D eigenvalue weighted by molar-refractivity contribution is 1.41. The monoisotopic (exact) mass is 122 g/mol. The molecule has 1 heterocycles. The molecule has 0 amide bonds. The fraction of sp³-hybridized carbons (Fsp3) is 0.143. The molecule has 0 atom stereocenters. The Morgan fingerprint density at radius 2 is 2.44 bits per heavy atom. The smallest absolute Gasteiger partial charge is 0.108 e. The molecule has 0 fully saturated rings. The zero-order valence-electron chi connectivity index (χ0n) is 5.44. The van der Waals surface area contributed by atoms with Crippen LogP contribution in [0.15, 0.2) is 18.8 Å². The lowest BCUT2D eigenvalue weighted by Gasteiger charge is -1.93. The number of aromatic nitrogens is 1. The SMILES string of the molecule is C=C(C)c1cc[nH]c1N. The molecule has 2 nitrogen and oxygen atoms in total. The van der Waals surface area contributed by atoms with E-state index in [-0.39, 0.29) is 0 Å². The van der Waals surface area contributed by atoms with Crippen LogP contribution in [0.2, 0.25) is 0 Å². The summed E-state index contributed by atoms with van der Waals surface area (Å²) < 4.78 is 0. The Morgan fingerprint density at radius 3 is 2.67 bits per heavy atom. The zero-order chi connectivity index (χ0) is 6.85. The topological polar surface area (TPSA) is 41.8 Å². The van der Waals surface area contributed by atoms with Gasteiger partial charge in [-0.2, -0.15) is 0 Å². The quantitative estimate of drug-likeness (QED) is 0.584. The fourth-order valence-corrected chi connectivity index (χ4v) is 0.754. The van der Waals surface area contributed by atoms with E-state index in [2.05, 4.69) is 11.6 Å². The highest BCUT2D eigenvalue weighted by Gasteiger charge is 1.97. The van der Waals surface area contributed by atoms with Gasteiger partial charge in [-0.25, -0.2) is 0 Å². The molecule has 0 aliphatic rings. The molecule has 0 spiro atoms. The minimum absolute atomic E-state index is 0.697. The van der Waals surface area contributed by atoms with Gasteiger partial charge in [-0.05, 0) is 18.6 Å². The van der Waals surface area contributed by atoms with Crippen LogP contribution in [0.1, 0.15) is 12.5 Å². The van der Waals surface area contributed by atoms with E-state index >= 15 is 0 Å². The van der Waals surface area contributed by atoms with Crippen molar-refractivity contribution in [1.82, 2.24) is 4.98 Å². The number of allylic oxidation sites excluding steroid dienone is 1. The Kier molecular flexibility index (Phi) is 1.30. The van der Waals surface area contributed by atoms with Crippen molar-refractivity contribution < 1.29 is 0 Å². The second kappa shape index (κ2) is 1.97. The van der Waals surface area contributed by atoms with Gasteiger partial charge < -0.3 is 10.7 Å². The maximum atomic E-state index is 5.53. The summed E-state index contributed by atoms with van der Waals surface area (Å²) in [5.74, 6) is 0.697. The standard InChI is InChI=1S/C7H10N2/c1-5(2)6-3-4-9-7(6)8/h3-4,9H,1,8H2,2H3. The van der Waals surface area contributed by atoms with Crippen LogP contribution < -0.4 is 5.73 Å². The maximum absolute atomic E-state index is 5.53. The number of hydrogen-bond acceptors (Lipinski definition) is 1. The van der Waals surface area contributed by atoms with Crippen molar-refractivity contribution in [2.45, 2.75) is 6.92 Å². The lowest BCUT2D eigenvalue weighted by Crippen LogP contribution is -1.87. The molecule has 0 saturated carbocycles. The molecule has 0 radical (unpaired) electrons. The van der Waals surface area contributed by atoms with Crippen LogP contribution in [0.3, 0.4) is 0 Å². The minimum atomic E-state index is 0.697. The molecule has 0 bridgehead atoms. The van der Waals surface area contributed by atoms with E-state index in [1.165, 1.54) is 0 Å². The predicted octanol–water partition coefficient (Wildman–Crippen LogP) is 1.63. The molecule has 0 unspecified atom stereocenters. The Hall–Kier alpha value is -1.18. The summed E-state index contributed by atoms with van der Waals surface area (Å²) in [5.41, 5.74) is 7.53. The largest absolute Gasteiger partial charge is 0.385 e. The second-order valence-electron chi connectivity index (χ2n) is 2.09. The summed E-state index contributed by atoms with van der Waals surface area (Å²) in [7, 11) is 0. The number of aromatic amines is 1. The van der Waals surface area contributed by atoms with Gasteiger partial charge in [0.05, 0.1) is 0 Å². The first-order chi connectivity index (χ1) is 4.22. The first-order valence-corrected chi connectivity index (χ1v) is 2.80. The van der Waals surface area contributed by atoms with Gasteiger partial charge in [0.1, 0.15) is 5.82 Å². The van der Waals surface area contributed by atoms with E-state index in [1.54, 1.807) is 6.20 Å². The molecule has 9 heavy (non-hydrogen) atoms. The van der Waals surface area contributed by atoms with Crippen LogP contribution in [0.25, 0.3) is 5.57 Å². The van der Waals surface area contributed by atoms with E-state index in [1.807, 2.05) is 13.0 Å². The van der Waals surface area contributed by atoms with Crippen molar-refractivity contribution in [1.29, 1.82) is 0 Å². The zero-order valence-corrected chi connectivity index (χ0v) is 5.44. The molecule has 2 heteroatoms. The number of nitrogens with one attached hydrogen (secondary N) is 1. The Balaban J connectivity index is 3.08. The predicted molar refractivity (Wildman–Crippen MR) is 39.9 cm³/mol. The molecule has 1 rings (SSSR count). The van der Waals surface area contributed by atoms with Crippen LogP contribution in [-0.4, -0.2) is 4.98 Å². The highest BCUT2D eigenvalue weighted by atomic mass is 14.8. The minimum Gasteiger partial charge on any atom is -0.385 e. The van der Waals surface area contributed by atoms with E-state index in [4.69, 9.17) is 5.73 Å². The van der Waals surface area contributed by atoms with Gasteiger partial charge in [0.2, 0.25) is 0 Å². The molecular weight excluding hydrogens is 112 g/mol. The van der Waals surface area contributed by atoms with Crippen molar-refractivity contribution in [3.63, 3.8) is 0 Å². The third-order valence-electron chi connectivity index (χ3n) is 1.24. The molecule has 1 aromatic rings. The highest BCUT2D eigenvalue weighted by molar-refractivity contribution is 5.70. The highest BCUT2D eigenvalue weighted by Crippen LogP contribution is 2.16. The van der Waals surface area contributed by atoms with E-state index in [9.17, 15) is 0 Å². The Bertz CT molecular complexity index is 223.